The van der Waals surface area contributed by atoms with Crippen molar-refractivity contribution in [3.05, 3.63) is 18.5 Å². The molecule has 0 saturated carbocycles. The van der Waals surface area contributed by atoms with Gasteiger partial charge in [-0.25, -0.2) is 15.4 Å². The molecule has 2 heterocycles. The van der Waals surface area contributed by atoms with E-state index in [1.54, 1.807) is 18.5 Å². The second-order valence-corrected chi connectivity index (χ2v) is 3.82. The Morgan fingerprint density at radius 3 is 2.80 bits per heavy atom. The van der Waals surface area contributed by atoms with Crippen LogP contribution in [0.25, 0.3) is 0 Å². The number of ketones is 1. The Kier molecular flexibility index (Phi) is 2.82. The van der Waals surface area contributed by atoms with E-state index in [2.05, 4.69) is 15.4 Å². The Labute approximate surface area is 90.2 Å². The van der Waals surface area contributed by atoms with Crippen LogP contribution in [0.1, 0.15) is 6.42 Å². The van der Waals surface area contributed by atoms with Gasteiger partial charge in [0.15, 0.2) is 0 Å². The first kappa shape index (κ1) is 9.91. The Hall–Kier alpha value is -1.63. The zero-order valence-electron chi connectivity index (χ0n) is 7.71. The van der Waals surface area contributed by atoms with Gasteiger partial charge in [0.05, 0.1) is 0 Å². The number of carbonyl (C=O) groups excluding carboxylic acids is 2. The number of nitrogens with zero attached hydrogens (tertiary/aromatic N) is 3. The maximum absolute atomic E-state index is 11.2. The van der Waals surface area contributed by atoms with E-state index in [-0.39, 0.29) is 6.42 Å². The summed E-state index contributed by atoms with van der Waals surface area (Å²) in [6.07, 6.45) is 3.38. The number of amides is 1. The molecule has 0 aromatic carbocycles. The van der Waals surface area contributed by atoms with E-state index in [0.29, 0.717) is 11.7 Å². The molecule has 2 rings (SSSR count). The average molecular weight is 224 g/mol. The number of anilines is 1. The highest BCUT2D eigenvalue weighted by molar-refractivity contribution is 8.00. The largest absolute Gasteiger partial charge is 0.306 e. The number of Topliss-reactive ketones (excluding diaryl/α,β-unsaturated/α-hetero) is 1. The second kappa shape index (κ2) is 4.26. The molecule has 0 bridgehead atoms. The quantitative estimate of drug-likeness (QED) is 0.532. The molecule has 1 saturated heterocycles. The third-order valence-electron chi connectivity index (χ3n) is 1.74. The molecule has 0 atom stereocenters. The molecule has 1 N–H and O–H groups in total. The van der Waals surface area contributed by atoms with Crippen LogP contribution in [0.5, 0.6) is 0 Å². The summed E-state index contributed by atoms with van der Waals surface area (Å²) in [5.74, 6) is -0.130. The number of hydrogen-bond donors (Lipinski definition) is 1. The molecule has 0 radical (unpaired) electrons. The third-order valence-corrected chi connectivity index (χ3v) is 2.64. The lowest BCUT2D eigenvalue weighted by Crippen LogP contribution is -2.40. The van der Waals surface area contributed by atoms with Crippen LogP contribution in [-0.4, -0.2) is 27.4 Å². The molecule has 1 aliphatic heterocycles. The predicted molar refractivity (Wildman–Crippen MR) is 54.7 cm³/mol. The van der Waals surface area contributed by atoms with Gasteiger partial charge >= 0.3 is 5.91 Å². The van der Waals surface area contributed by atoms with Crippen LogP contribution in [-0.2, 0) is 9.59 Å². The Bertz CT molecular complexity index is 383. The smallest absolute Gasteiger partial charge is 0.289 e. The van der Waals surface area contributed by atoms with Crippen molar-refractivity contribution < 1.29 is 9.59 Å². The number of hydrogen-bond acceptors (Lipinski definition) is 6. The van der Waals surface area contributed by atoms with Gasteiger partial charge in [0, 0.05) is 24.6 Å². The van der Waals surface area contributed by atoms with Crippen molar-refractivity contribution in [3.8, 4) is 0 Å². The Balaban J connectivity index is 2.17. The van der Waals surface area contributed by atoms with E-state index in [0.717, 1.165) is 0 Å². The highest BCUT2D eigenvalue weighted by atomic mass is 32.2. The normalized spacial score (nSPS) is 17.2. The lowest BCUT2D eigenvalue weighted by atomic mass is 10.3. The molecule has 0 aliphatic carbocycles. The van der Waals surface area contributed by atoms with Gasteiger partial charge < -0.3 is 0 Å². The van der Waals surface area contributed by atoms with Crippen LogP contribution in [0.4, 0.5) is 5.95 Å². The van der Waals surface area contributed by atoms with E-state index in [9.17, 15) is 9.59 Å². The van der Waals surface area contributed by atoms with Crippen LogP contribution in [0, 0.1) is 0 Å². The van der Waals surface area contributed by atoms with Crippen molar-refractivity contribution in [2.75, 3.05) is 10.2 Å². The van der Waals surface area contributed by atoms with Gasteiger partial charge in [-0.3, -0.25) is 9.59 Å². The number of carbonyl (C=O) groups is 2. The third kappa shape index (κ3) is 2.24. The fourth-order valence-electron chi connectivity index (χ4n) is 1.03. The summed E-state index contributed by atoms with van der Waals surface area (Å²) in [7, 11) is 0. The molecule has 1 amide bonds. The van der Waals surface area contributed by atoms with Gasteiger partial charge in [-0.2, -0.15) is 4.41 Å². The monoisotopic (exact) mass is 224 g/mol. The van der Waals surface area contributed by atoms with Crippen LogP contribution in [0.15, 0.2) is 18.5 Å². The van der Waals surface area contributed by atoms with Crippen molar-refractivity contribution in [1.29, 1.82) is 0 Å². The zero-order chi connectivity index (χ0) is 10.7. The zero-order valence-corrected chi connectivity index (χ0v) is 8.53. The summed E-state index contributed by atoms with van der Waals surface area (Å²) in [6.45, 7) is 0. The van der Waals surface area contributed by atoms with Gasteiger partial charge in [-0.05, 0) is 18.0 Å². The molecular formula is C8H8N4O2S. The fourth-order valence-corrected chi connectivity index (χ4v) is 1.85. The maximum Gasteiger partial charge on any atom is 0.306 e. The number of hydrazine groups is 1. The van der Waals surface area contributed by atoms with Crippen LogP contribution >= 0.6 is 11.9 Å². The average Bonchev–Trinajstić information content (AvgIpc) is 2.43. The summed E-state index contributed by atoms with van der Waals surface area (Å²) in [4.78, 5) is 30.3. The molecule has 6 nitrogen and oxygen atoms in total. The fraction of sp³-hybridized carbons (Fsp3) is 0.250. The highest BCUT2D eigenvalue weighted by Crippen LogP contribution is 2.17. The lowest BCUT2D eigenvalue weighted by Gasteiger charge is -2.17. The van der Waals surface area contributed by atoms with Gasteiger partial charge in [0.1, 0.15) is 0 Å². The minimum Gasteiger partial charge on any atom is -0.289 e. The van der Waals surface area contributed by atoms with Crippen molar-refractivity contribution in [3.63, 3.8) is 0 Å². The van der Waals surface area contributed by atoms with Gasteiger partial charge in [0.25, 0.3) is 5.95 Å². The topological polar surface area (TPSA) is 75.2 Å². The van der Waals surface area contributed by atoms with E-state index in [1.165, 1.54) is 16.4 Å². The van der Waals surface area contributed by atoms with Crippen LogP contribution < -0.4 is 9.84 Å². The molecule has 1 aromatic rings. The van der Waals surface area contributed by atoms with Gasteiger partial charge in [0.2, 0.25) is 5.78 Å². The summed E-state index contributed by atoms with van der Waals surface area (Å²) in [6, 6.07) is 1.68. The number of nitrogens with one attached hydrogen (secondary N) is 1. The second-order valence-electron chi connectivity index (χ2n) is 2.79. The van der Waals surface area contributed by atoms with Gasteiger partial charge in [-0.15, -0.1) is 0 Å². The molecule has 1 fully saturated rings. The summed E-state index contributed by atoms with van der Waals surface area (Å²) in [5, 5.41) is 0. The molecule has 15 heavy (non-hydrogen) atoms. The lowest BCUT2D eigenvalue weighted by molar-refractivity contribution is -0.137. The minimum atomic E-state index is -0.618. The Morgan fingerprint density at radius 1 is 1.33 bits per heavy atom. The van der Waals surface area contributed by atoms with E-state index in [1.807, 2.05) is 0 Å². The molecule has 78 valence electrons. The Morgan fingerprint density at radius 2 is 2.07 bits per heavy atom. The van der Waals surface area contributed by atoms with Crippen LogP contribution in [0.2, 0.25) is 0 Å². The minimum absolute atomic E-state index is 0.236. The van der Waals surface area contributed by atoms with Gasteiger partial charge in [-0.1, -0.05) is 0 Å². The molecule has 1 aliphatic rings. The predicted octanol–water partition coefficient (Wildman–Crippen LogP) is -0.0648. The summed E-state index contributed by atoms with van der Waals surface area (Å²) >= 11 is 1.30. The van der Waals surface area contributed by atoms with Crippen LogP contribution in [0.3, 0.4) is 0 Å². The molecule has 0 unspecified atom stereocenters. The maximum atomic E-state index is 11.2. The first-order chi connectivity index (χ1) is 7.27. The first-order valence-electron chi connectivity index (χ1n) is 4.31. The van der Waals surface area contributed by atoms with Crippen molar-refractivity contribution >= 4 is 29.6 Å². The standard InChI is InChI=1S/C8H8N4O2S/c13-6-2-5-15-12(11-7(6)14)8-9-3-1-4-10-8/h1,3-4H,2,5H2,(H,11,14). The van der Waals surface area contributed by atoms with E-state index >= 15 is 0 Å². The van der Waals surface area contributed by atoms with E-state index in [4.69, 9.17) is 0 Å². The summed E-state index contributed by atoms with van der Waals surface area (Å²) < 4.78 is 1.41. The SMILES string of the molecule is O=C1CCSN(c2ncccn2)NC1=O. The number of aromatic nitrogens is 2. The van der Waals surface area contributed by atoms with Crippen molar-refractivity contribution in [2.24, 2.45) is 0 Å². The molecule has 0 spiro atoms. The highest BCUT2D eigenvalue weighted by Gasteiger charge is 2.23. The summed E-state index contributed by atoms with van der Waals surface area (Å²) in [5.41, 5.74) is 2.43. The van der Waals surface area contributed by atoms with Crippen molar-refractivity contribution in [1.82, 2.24) is 15.4 Å². The first-order valence-corrected chi connectivity index (χ1v) is 5.25. The molecule has 7 heteroatoms. The molecular weight excluding hydrogens is 216 g/mol. The van der Waals surface area contributed by atoms with Crippen molar-refractivity contribution in [2.45, 2.75) is 6.42 Å². The van der Waals surface area contributed by atoms with E-state index < -0.39 is 11.7 Å². The number of rotatable bonds is 1. The molecule has 1 aromatic heterocycles.